The van der Waals surface area contributed by atoms with E-state index in [9.17, 15) is 9.90 Å². The van der Waals surface area contributed by atoms with E-state index in [4.69, 9.17) is 37.2 Å². The zero-order valence-electron chi connectivity index (χ0n) is 25.4. The van der Waals surface area contributed by atoms with Gasteiger partial charge in [0.15, 0.2) is 5.69 Å². The van der Waals surface area contributed by atoms with Crippen molar-refractivity contribution in [1.29, 1.82) is 0 Å². The van der Waals surface area contributed by atoms with Crippen molar-refractivity contribution >= 4 is 51.8 Å². The Morgan fingerprint density at radius 1 is 1.06 bits per heavy atom. The highest BCUT2D eigenvalue weighted by Gasteiger charge is 2.54. The average Bonchev–Trinajstić information content (AvgIpc) is 3.94. The van der Waals surface area contributed by atoms with Crippen LogP contribution in [0.1, 0.15) is 46.1 Å². The van der Waals surface area contributed by atoms with Gasteiger partial charge in [0, 0.05) is 59.7 Å². The number of pyridine rings is 2. The maximum absolute atomic E-state index is 11.8. The van der Waals surface area contributed by atoms with Crippen molar-refractivity contribution in [1.82, 2.24) is 15.1 Å². The number of hydrogen-bond donors (Lipinski definition) is 1. The van der Waals surface area contributed by atoms with Gasteiger partial charge in [-0.3, -0.25) is 4.98 Å². The number of halogens is 2. The number of methoxy groups -OCH3 is 1. The molecule has 47 heavy (non-hydrogen) atoms. The largest absolute Gasteiger partial charge is 0.497 e. The zero-order chi connectivity index (χ0) is 32.2. The minimum atomic E-state index is -1.10. The average molecular weight is 670 g/mol. The molecule has 3 fully saturated rings. The second kappa shape index (κ2) is 11.9. The van der Waals surface area contributed by atoms with Crippen molar-refractivity contribution in [3.8, 4) is 22.8 Å². The van der Waals surface area contributed by atoms with Gasteiger partial charge in [-0.25, -0.2) is 9.78 Å². The van der Waals surface area contributed by atoms with Gasteiger partial charge in [-0.1, -0.05) is 52.6 Å². The molecule has 2 atom stereocenters. The van der Waals surface area contributed by atoms with E-state index in [2.05, 4.69) is 38.2 Å². The molecule has 238 valence electrons. The van der Waals surface area contributed by atoms with Gasteiger partial charge in [0.05, 0.1) is 22.7 Å². The predicted molar refractivity (Wildman–Crippen MR) is 179 cm³/mol. The van der Waals surface area contributed by atoms with Gasteiger partial charge in [0.1, 0.15) is 29.6 Å². The Hall–Kier alpha value is -4.60. The lowest BCUT2D eigenvalue weighted by molar-refractivity contribution is 0.0690. The molecule has 9 nitrogen and oxygen atoms in total. The number of fused-ring (bicyclic) bond motifs is 2. The lowest BCUT2D eigenvalue weighted by atomic mass is 10.0. The molecule has 3 aromatic heterocycles. The molecule has 2 unspecified atom stereocenters. The molecule has 1 N–H and O–H groups in total. The number of rotatable bonds is 10. The molecule has 0 spiro atoms. The third-order valence-electron chi connectivity index (χ3n) is 9.43. The molecule has 1 aliphatic heterocycles. The van der Waals surface area contributed by atoms with Gasteiger partial charge >= 0.3 is 5.97 Å². The monoisotopic (exact) mass is 668 g/mol. The van der Waals surface area contributed by atoms with Crippen LogP contribution in [0.4, 0.5) is 5.69 Å². The number of benzene rings is 2. The summed E-state index contributed by atoms with van der Waals surface area (Å²) in [6.07, 6.45) is 9.76. The third kappa shape index (κ3) is 5.68. The summed E-state index contributed by atoms with van der Waals surface area (Å²) >= 11 is 13.0. The number of nitrogens with zero attached hydrogens (tertiary/aromatic N) is 4. The van der Waals surface area contributed by atoms with Crippen molar-refractivity contribution < 1.29 is 23.9 Å². The van der Waals surface area contributed by atoms with E-state index in [-0.39, 0.29) is 12.3 Å². The summed E-state index contributed by atoms with van der Waals surface area (Å²) < 4.78 is 17.3. The van der Waals surface area contributed by atoms with Crippen molar-refractivity contribution in [3.63, 3.8) is 0 Å². The van der Waals surface area contributed by atoms with Gasteiger partial charge < -0.3 is 24.0 Å². The van der Waals surface area contributed by atoms with Crippen LogP contribution in [0.15, 0.2) is 71.5 Å². The Morgan fingerprint density at radius 2 is 1.81 bits per heavy atom. The van der Waals surface area contributed by atoms with Crippen molar-refractivity contribution in [2.75, 3.05) is 25.1 Å². The van der Waals surface area contributed by atoms with E-state index in [1.807, 2.05) is 36.4 Å². The van der Waals surface area contributed by atoms with Crippen LogP contribution in [0.25, 0.3) is 28.2 Å². The molecule has 0 radical (unpaired) electrons. The van der Waals surface area contributed by atoms with Crippen LogP contribution in [0.2, 0.25) is 10.0 Å². The van der Waals surface area contributed by atoms with E-state index in [1.165, 1.54) is 6.07 Å². The fourth-order valence-corrected chi connectivity index (χ4v) is 7.24. The lowest BCUT2D eigenvalue weighted by Crippen LogP contribution is -2.23. The number of ether oxygens (including phenoxy) is 2. The van der Waals surface area contributed by atoms with Gasteiger partial charge in [-0.15, -0.1) is 0 Å². The maximum Gasteiger partial charge on any atom is 0.354 e. The number of anilines is 1. The number of carboxylic acid groups (broad SMARTS) is 1. The second-order valence-electron chi connectivity index (χ2n) is 12.4. The highest BCUT2D eigenvalue weighted by molar-refractivity contribution is 6.39. The van der Waals surface area contributed by atoms with Crippen LogP contribution in [0.5, 0.6) is 11.5 Å². The minimum Gasteiger partial charge on any atom is -0.497 e. The minimum absolute atomic E-state index is 0.0543. The normalized spacial score (nSPS) is 20.1. The molecule has 0 amide bonds. The first-order valence-electron chi connectivity index (χ1n) is 15.5. The first-order valence-corrected chi connectivity index (χ1v) is 16.3. The Kier molecular flexibility index (Phi) is 7.53. The molecule has 11 heteroatoms. The molecule has 0 bridgehead atoms. The van der Waals surface area contributed by atoms with Crippen LogP contribution in [0, 0.1) is 17.8 Å². The predicted octanol–water partition coefficient (Wildman–Crippen LogP) is 8.15. The summed E-state index contributed by atoms with van der Waals surface area (Å²) in [7, 11) is 1.62. The number of hydrogen-bond acceptors (Lipinski definition) is 8. The van der Waals surface area contributed by atoms with E-state index in [1.54, 1.807) is 19.5 Å². The van der Waals surface area contributed by atoms with E-state index in [0.717, 1.165) is 59.6 Å². The fourth-order valence-electron chi connectivity index (χ4n) is 6.70. The van der Waals surface area contributed by atoms with Gasteiger partial charge in [0.2, 0.25) is 0 Å². The number of allylic oxidation sites excluding steroid dienone is 1. The van der Waals surface area contributed by atoms with Crippen molar-refractivity contribution in [2.45, 2.75) is 25.4 Å². The van der Waals surface area contributed by atoms with Crippen molar-refractivity contribution in [3.05, 3.63) is 99.6 Å². The number of aromatic nitrogens is 3. The molecule has 8 rings (SSSR count). The Bertz CT molecular complexity index is 2010. The third-order valence-corrected chi connectivity index (χ3v) is 10.0. The number of aromatic carboxylic acids is 1. The molecular weight excluding hydrogens is 639 g/mol. The van der Waals surface area contributed by atoms with E-state index in [0.29, 0.717) is 56.2 Å². The summed E-state index contributed by atoms with van der Waals surface area (Å²) in [5.41, 5.74) is 4.79. The molecule has 3 aliphatic rings. The van der Waals surface area contributed by atoms with Crippen LogP contribution in [-0.4, -0.2) is 46.4 Å². The summed E-state index contributed by atoms with van der Waals surface area (Å²) in [6, 6.07) is 15.0. The standard InChI is InChI=1S/C36H30Cl2N4O5/c1-45-22-7-2-19(3-8-22)18-46-32-13-31(36(43)44)40-30-11-6-21(12-25(30)32)42-16-26-23(27(26)17-42)9-10-24-34(41-47-35(24)20-4-5-20)33-28(37)14-39-15-29(33)38/h2-3,6-15,20,23,26-27H,4-5,16-18H2,1H3,(H,43,44). The van der Waals surface area contributed by atoms with E-state index < -0.39 is 5.97 Å². The summed E-state index contributed by atoms with van der Waals surface area (Å²) in [5, 5.41) is 15.7. The quantitative estimate of drug-likeness (QED) is 0.158. The van der Waals surface area contributed by atoms with Gasteiger partial charge in [-0.2, -0.15) is 0 Å². The smallest absolute Gasteiger partial charge is 0.354 e. The Morgan fingerprint density at radius 3 is 2.49 bits per heavy atom. The van der Waals surface area contributed by atoms with Crippen LogP contribution in [-0.2, 0) is 6.61 Å². The highest BCUT2D eigenvalue weighted by Crippen LogP contribution is 2.54. The first-order chi connectivity index (χ1) is 22.9. The van der Waals surface area contributed by atoms with Crippen LogP contribution < -0.4 is 14.4 Å². The second-order valence-corrected chi connectivity index (χ2v) is 13.2. The van der Waals surface area contributed by atoms with E-state index >= 15 is 0 Å². The van der Waals surface area contributed by atoms with Crippen molar-refractivity contribution in [2.24, 2.45) is 17.8 Å². The molecule has 4 heterocycles. The number of piperidine rings is 1. The molecule has 5 aromatic rings. The van der Waals surface area contributed by atoms with Gasteiger partial charge in [-0.05, 0) is 66.5 Å². The zero-order valence-corrected chi connectivity index (χ0v) is 26.9. The topological polar surface area (TPSA) is 111 Å². The van der Waals surface area contributed by atoms with Crippen LogP contribution >= 0.6 is 23.2 Å². The summed E-state index contributed by atoms with van der Waals surface area (Å²) in [6.45, 7) is 2.12. The maximum atomic E-state index is 11.8. The fraction of sp³-hybridized carbons (Fsp3) is 0.278. The molecular formula is C36H30Cl2N4O5. The Labute approximate surface area is 280 Å². The number of carbonyl (C=O) groups is 1. The molecule has 2 saturated carbocycles. The highest BCUT2D eigenvalue weighted by atomic mass is 35.5. The lowest BCUT2D eigenvalue weighted by Gasteiger charge is -2.22. The Balaban J connectivity index is 1.00. The number of carboxylic acids is 1. The van der Waals surface area contributed by atoms with Crippen LogP contribution in [0.3, 0.4) is 0 Å². The molecule has 2 aliphatic carbocycles. The summed E-state index contributed by atoms with van der Waals surface area (Å²) in [4.78, 5) is 22.7. The van der Waals surface area contributed by atoms with Gasteiger partial charge in [0.25, 0.3) is 0 Å². The first kappa shape index (κ1) is 29.8. The SMILES string of the molecule is COc1ccc(COc2cc(C(=O)O)nc3ccc(N4CC5C(C=Cc6c(-c7c(Cl)cncc7Cl)noc6C6CC6)C5C4)cc23)cc1. The molecule has 1 saturated heterocycles. The molecule has 2 aromatic carbocycles. The summed E-state index contributed by atoms with van der Waals surface area (Å²) in [5.74, 6) is 2.93.